The first-order chi connectivity index (χ1) is 8.75. The van der Waals surface area contributed by atoms with Crippen molar-refractivity contribution in [3.63, 3.8) is 0 Å². The topological polar surface area (TPSA) is 55.6 Å². The Balaban J connectivity index is 0.00000180. The summed E-state index contributed by atoms with van der Waals surface area (Å²) in [4.78, 5) is 13.7. The monoisotopic (exact) mass is 284 g/mol. The highest BCUT2D eigenvalue weighted by molar-refractivity contribution is 5.85. The molecule has 19 heavy (non-hydrogen) atoms. The Morgan fingerprint density at radius 1 is 1.37 bits per heavy atom. The van der Waals surface area contributed by atoms with Crippen LogP contribution in [0, 0.1) is 0 Å². The van der Waals surface area contributed by atoms with E-state index in [4.69, 9.17) is 10.5 Å². The molecule has 0 saturated carbocycles. The number of piperidine rings is 1. The second-order valence-corrected chi connectivity index (χ2v) is 4.72. The van der Waals surface area contributed by atoms with Gasteiger partial charge in [0.25, 0.3) is 0 Å². The average molecular weight is 285 g/mol. The number of ether oxygens (including phenoxy) is 1. The first-order valence-electron chi connectivity index (χ1n) is 6.41. The van der Waals surface area contributed by atoms with E-state index in [0.29, 0.717) is 13.2 Å². The van der Waals surface area contributed by atoms with Crippen molar-refractivity contribution in [2.75, 3.05) is 19.7 Å². The standard InChI is InChI=1S/C14H20N2O2.ClH/c15-13-7-4-8-16(9-13)14(17)11-18-10-12-5-2-1-3-6-12;/h1-3,5-6,13H,4,7-11,15H2;1H. The predicted octanol–water partition coefficient (Wildman–Crippen LogP) is 1.57. The van der Waals surface area contributed by atoms with E-state index in [9.17, 15) is 4.79 Å². The SMILES string of the molecule is Cl.NC1CCCN(C(=O)COCc2ccccc2)C1. The molecule has 1 fully saturated rings. The molecule has 106 valence electrons. The average Bonchev–Trinajstić information content (AvgIpc) is 2.40. The lowest BCUT2D eigenvalue weighted by Crippen LogP contribution is -2.46. The van der Waals surface area contributed by atoms with Crippen LogP contribution in [0.3, 0.4) is 0 Å². The van der Waals surface area contributed by atoms with Gasteiger partial charge in [-0.1, -0.05) is 30.3 Å². The Hall–Kier alpha value is -1.10. The van der Waals surface area contributed by atoms with Crippen LogP contribution in [0.2, 0.25) is 0 Å². The fourth-order valence-corrected chi connectivity index (χ4v) is 2.16. The molecule has 5 heteroatoms. The summed E-state index contributed by atoms with van der Waals surface area (Å²) in [5.41, 5.74) is 6.93. The lowest BCUT2D eigenvalue weighted by atomic mass is 10.1. The summed E-state index contributed by atoms with van der Waals surface area (Å²) in [5, 5.41) is 0. The van der Waals surface area contributed by atoms with Gasteiger partial charge in [0, 0.05) is 19.1 Å². The molecule has 0 aliphatic carbocycles. The number of hydrogen-bond acceptors (Lipinski definition) is 3. The molecule has 1 amide bonds. The third-order valence-corrected chi connectivity index (χ3v) is 3.15. The van der Waals surface area contributed by atoms with Gasteiger partial charge in [0.1, 0.15) is 6.61 Å². The number of halogens is 1. The number of amides is 1. The molecule has 4 nitrogen and oxygen atoms in total. The molecule has 0 radical (unpaired) electrons. The van der Waals surface area contributed by atoms with Gasteiger partial charge in [-0.15, -0.1) is 12.4 Å². The van der Waals surface area contributed by atoms with Gasteiger partial charge in [-0.05, 0) is 18.4 Å². The smallest absolute Gasteiger partial charge is 0.248 e. The minimum absolute atomic E-state index is 0. The molecule has 0 spiro atoms. The maximum Gasteiger partial charge on any atom is 0.248 e. The summed E-state index contributed by atoms with van der Waals surface area (Å²) in [6, 6.07) is 9.98. The lowest BCUT2D eigenvalue weighted by Gasteiger charge is -2.30. The molecule has 1 aliphatic heterocycles. The van der Waals surface area contributed by atoms with Crippen LogP contribution in [0.15, 0.2) is 30.3 Å². The number of nitrogens with zero attached hydrogens (tertiary/aromatic N) is 1. The molecule has 1 aromatic carbocycles. The van der Waals surface area contributed by atoms with Crippen molar-refractivity contribution in [1.82, 2.24) is 4.90 Å². The Labute approximate surface area is 120 Å². The number of rotatable bonds is 4. The Morgan fingerprint density at radius 2 is 2.11 bits per heavy atom. The molecule has 1 saturated heterocycles. The molecule has 1 aromatic rings. The molecule has 1 heterocycles. The first-order valence-corrected chi connectivity index (χ1v) is 6.41. The molecular weight excluding hydrogens is 264 g/mol. The number of benzene rings is 1. The zero-order valence-electron chi connectivity index (χ0n) is 11.0. The zero-order valence-corrected chi connectivity index (χ0v) is 11.8. The third kappa shape index (κ3) is 5.19. The summed E-state index contributed by atoms with van der Waals surface area (Å²) in [5.74, 6) is 0.0427. The molecule has 2 rings (SSSR count). The van der Waals surface area contributed by atoms with Crippen LogP contribution >= 0.6 is 12.4 Å². The first kappa shape index (κ1) is 16.0. The molecule has 2 N–H and O–H groups in total. The van der Waals surface area contributed by atoms with E-state index < -0.39 is 0 Å². The second-order valence-electron chi connectivity index (χ2n) is 4.72. The quantitative estimate of drug-likeness (QED) is 0.913. The van der Waals surface area contributed by atoms with Crippen molar-refractivity contribution in [3.05, 3.63) is 35.9 Å². The molecule has 1 aliphatic rings. The van der Waals surface area contributed by atoms with Gasteiger partial charge in [-0.2, -0.15) is 0 Å². The van der Waals surface area contributed by atoms with Crippen LogP contribution in [0.1, 0.15) is 18.4 Å². The fourth-order valence-electron chi connectivity index (χ4n) is 2.16. The van der Waals surface area contributed by atoms with Crippen LogP contribution < -0.4 is 5.73 Å². The van der Waals surface area contributed by atoms with Crippen LogP contribution in [-0.2, 0) is 16.1 Å². The van der Waals surface area contributed by atoms with Gasteiger partial charge >= 0.3 is 0 Å². The van der Waals surface area contributed by atoms with E-state index in [2.05, 4.69) is 0 Å². The zero-order chi connectivity index (χ0) is 12.8. The Bertz CT molecular complexity index is 386. The van der Waals surface area contributed by atoms with Crippen LogP contribution in [0.4, 0.5) is 0 Å². The van der Waals surface area contributed by atoms with Gasteiger partial charge in [0.2, 0.25) is 5.91 Å². The molecule has 1 atom stereocenters. The number of carbonyl (C=O) groups excluding carboxylic acids is 1. The van der Waals surface area contributed by atoms with Crippen molar-refractivity contribution in [1.29, 1.82) is 0 Å². The number of nitrogens with two attached hydrogens (primary N) is 1. The van der Waals surface area contributed by atoms with E-state index in [1.54, 1.807) is 4.90 Å². The van der Waals surface area contributed by atoms with E-state index in [-0.39, 0.29) is 31.0 Å². The van der Waals surface area contributed by atoms with E-state index in [1.165, 1.54) is 0 Å². The molecule has 1 unspecified atom stereocenters. The lowest BCUT2D eigenvalue weighted by molar-refractivity contribution is -0.137. The van der Waals surface area contributed by atoms with Gasteiger partial charge in [-0.3, -0.25) is 4.79 Å². The fraction of sp³-hybridized carbons (Fsp3) is 0.500. The van der Waals surface area contributed by atoms with Crippen molar-refractivity contribution in [3.8, 4) is 0 Å². The number of hydrogen-bond donors (Lipinski definition) is 1. The highest BCUT2D eigenvalue weighted by Gasteiger charge is 2.20. The highest BCUT2D eigenvalue weighted by atomic mass is 35.5. The Kier molecular flexibility index (Phi) is 6.84. The summed E-state index contributed by atoms with van der Waals surface area (Å²) in [7, 11) is 0. The van der Waals surface area contributed by atoms with Crippen LogP contribution in [0.5, 0.6) is 0 Å². The predicted molar refractivity (Wildman–Crippen MR) is 77.1 cm³/mol. The van der Waals surface area contributed by atoms with Crippen molar-refractivity contribution in [2.45, 2.75) is 25.5 Å². The summed E-state index contributed by atoms with van der Waals surface area (Å²) in [6.07, 6.45) is 2.00. The second kappa shape index (κ2) is 8.15. The summed E-state index contributed by atoms with van der Waals surface area (Å²) >= 11 is 0. The van der Waals surface area contributed by atoms with Gasteiger partial charge in [-0.25, -0.2) is 0 Å². The van der Waals surface area contributed by atoms with E-state index >= 15 is 0 Å². The minimum atomic E-state index is 0. The number of likely N-dealkylation sites (tertiary alicyclic amines) is 1. The van der Waals surface area contributed by atoms with Crippen molar-refractivity contribution >= 4 is 18.3 Å². The molecular formula is C14H21ClN2O2. The van der Waals surface area contributed by atoms with Gasteiger partial charge in [0.05, 0.1) is 6.61 Å². The van der Waals surface area contributed by atoms with Gasteiger partial charge in [0.15, 0.2) is 0 Å². The highest BCUT2D eigenvalue weighted by Crippen LogP contribution is 2.08. The van der Waals surface area contributed by atoms with Crippen LogP contribution in [-0.4, -0.2) is 36.5 Å². The van der Waals surface area contributed by atoms with E-state index in [0.717, 1.165) is 24.9 Å². The van der Waals surface area contributed by atoms with Crippen molar-refractivity contribution < 1.29 is 9.53 Å². The molecule has 0 aromatic heterocycles. The molecule has 0 bridgehead atoms. The maximum absolute atomic E-state index is 11.9. The summed E-state index contributed by atoms with van der Waals surface area (Å²) in [6.45, 7) is 2.09. The van der Waals surface area contributed by atoms with Crippen molar-refractivity contribution in [2.24, 2.45) is 5.73 Å². The largest absolute Gasteiger partial charge is 0.367 e. The van der Waals surface area contributed by atoms with E-state index in [1.807, 2.05) is 30.3 Å². The normalized spacial score (nSPS) is 18.8. The maximum atomic E-state index is 11.9. The van der Waals surface area contributed by atoms with Gasteiger partial charge < -0.3 is 15.4 Å². The summed E-state index contributed by atoms with van der Waals surface area (Å²) < 4.78 is 5.44. The van der Waals surface area contributed by atoms with Crippen LogP contribution in [0.25, 0.3) is 0 Å². The number of carbonyl (C=O) groups is 1. The minimum Gasteiger partial charge on any atom is -0.367 e. The third-order valence-electron chi connectivity index (χ3n) is 3.15. The Morgan fingerprint density at radius 3 is 2.79 bits per heavy atom.